The Morgan fingerprint density at radius 3 is 2.63 bits per heavy atom. The van der Waals surface area contributed by atoms with Crippen molar-refractivity contribution in [2.45, 2.75) is 12.8 Å². The maximum atomic E-state index is 4.43. The van der Waals surface area contributed by atoms with Crippen LogP contribution in [0.25, 0.3) is 0 Å². The van der Waals surface area contributed by atoms with Crippen molar-refractivity contribution >= 4 is 21.6 Å². The molecule has 0 N–H and O–H groups in total. The van der Waals surface area contributed by atoms with Gasteiger partial charge in [-0.1, -0.05) is 61.2 Å². The van der Waals surface area contributed by atoms with Gasteiger partial charge in [-0.3, -0.25) is 0 Å². The highest BCUT2D eigenvalue weighted by molar-refractivity contribution is 9.11. The molecule has 0 saturated carbocycles. The third-order valence-corrected chi connectivity index (χ3v) is 2.95. The number of rotatable bonds is 4. The van der Waals surface area contributed by atoms with Crippen molar-refractivity contribution in [3.8, 4) is 0 Å². The van der Waals surface area contributed by atoms with Gasteiger partial charge in [-0.05, 0) is 40.4 Å². The summed E-state index contributed by atoms with van der Waals surface area (Å²) >= 11 is 3.29. The lowest BCUT2D eigenvalue weighted by molar-refractivity contribution is 1.03. The van der Waals surface area contributed by atoms with Gasteiger partial charge in [0.05, 0.1) is 10.3 Å². The Bertz CT molecular complexity index is 562. The third-order valence-electron chi connectivity index (χ3n) is 2.77. The molecule has 0 radical (unpaired) electrons. The molecule has 2 rings (SSSR count). The van der Waals surface area contributed by atoms with Crippen LogP contribution in [-0.4, -0.2) is 5.71 Å². The molecule has 96 valence electrons. The van der Waals surface area contributed by atoms with Crippen LogP contribution in [0.4, 0.5) is 0 Å². The topological polar surface area (TPSA) is 12.4 Å². The molecule has 0 spiro atoms. The average molecular weight is 314 g/mol. The number of halogens is 1. The van der Waals surface area contributed by atoms with Crippen LogP contribution in [0.1, 0.15) is 18.4 Å². The van der Waals surface area contributed by atoms with Crippen LogP contribution in [-0.2, 0) is 0 Å². The van der Waals surface area contributed by atoms with E-state index in [1.54, 1.807) is 0 Å². The SMILES string of the molecule is C=C(Br)N=C(C=CC1=CCCC=C1)c1ccccc1. The Kier molecular flexibility index (Phi) is 5.10. The number of hydrogen-bond donors (Lipinski definition) is 0. The highest BCUT2D eigenvalue weighted by atomic mass is 79.9. The molecular weight excluding hydrogens is 298 g/mol. The van der Waals surface area contributed by atoms with Crippen molar-refractivity contribution in [2.75, 3.05) is 0 Å². The van der Waals surface area contributed by atoms with E-state index in [2.05, 4.69) is 51.8 Å². The summed E-state index contributed by atoms with van der Waals surface area (Å²) in [7, 11) is 0. The molecule has 1 aliphatic rings. The van der Waals surface area contributed by atoms with Gasteiger partial charge in [0.25, 0.3) is 0 Å². The smallest absolute Gasteiger partial charge is 0.0991 e. The van der Waals surface area contributed by atoms with E-state index >= 15 is 0 Å². The van der Waals surface area contributed by atoms with Crippen LogP contribution in [0.2, 0.25) is 0 Å². The van der Waals surface area contributed by atoms with E-state index in [0.717, 1.165) is 24.1 Å². The van der Waals surface area contributed by atoms with Crippen LogP contribution in [0.5, 0.6) is 0 Å². The minimum Gasteiger partial charge on any atom is -0.242 e. The molecule has 0 saturated heterocycles. The highest BCUT2D eigenvalue weighted by Gasteiger charge is 2.00. The zero-order valence-electron chi connectivity index (χ0n) is 10.7. The number of hydrogen-bond acceptors (Lipinski definition) is 1. The standard InChI is InChI=1S/C17H16BrN/c1-14(18)19-17(16-10-6-3-7-11-16)13-12-15-8-4-2-5-9-15/h3-4,6-13H,1-2,5H2. The van der Waals surface area contributed by atoms with E-state index in [4.69, 9.17) is 0 Å². The first-order chi connectivity index (χ1) is 9.25. The van der Waals surface area contributed by atoms with Crippen LogP contribution >= 0.6 is 15.9 Å². The molecule has 0 atom stereocenters. The van der Waals surface area contributed by atoms with E-state index in [9.17, 15) is 0 Å². The summed E-state index contributed by atoms with van der Waals surface area (Å²) in [6.07, 6.45) is 12.9. The van der Waals surface area contributed by atoms with Crippen LogP contribution < -0.4 is 0 Å². The third kappa shape index (κ3) is 4.49. The minimum absolute atomic E-state index is 0.629. The fraction of sp³-hybridized carbons (Fsp3) is 0.118. The van der Waals surface area contributed by atoms with Crippen molar-refractivity contribution in [3.63, 3.8) is 0 Å². The second-order valence-corrected chi connectivity index (χ2v) is 5.17. The van der Waals surface area contributed by atoms with Crippen LogP contribution in [0, 0.1) is 0 Å². The van der Waals surface area contributed by atoms with Gasteiger partial charge in [0.15, 0.2) is 0 Å². The Balaban J connectivity index is 2.25. The summed E-state index contributed by atoms with van der Waals surface area (Å²) in [5.74, 6) is 0. The molecule has 1 nitrogen and oxygen atoms in total. The van der Waals surface area contributed by atoms with E-state index in [1.807, 2.05) is 36.4 Å². The van der Waals surface area contributed by atoms with Crippen LogP contribution in [0.3, 0.4) is 0 Å². The summed E-state index contributed by atoms with van der Waals surface area (Å²) in [6, 6.07) is 10.1. The molecule has 0 bridgehead atoms. The minimum atomic E-state index is 0.629. The zero-order chi connectivity index (χ0) is 13.5. The lowest BCUT2D eigenvalue weighted by atomic mass is 10.0. The summed E-state index contributed by atoms with van der Waals surface area (Å²) in [5, 5.41) is 0. The molecule has 0 aromatic heterocycles. The van der Waals surface area contributed by atoms with E-state index in [0.29, 0.717) is 4.61 Å². The Morgan fingerprint density at radius 1 is 1.21 bits per heavy atom. The Hall–Kier alpha value is -1.67. The zero-order valence-corrected chi connectivity index (χ0v) is 12.3. The molecule has 0 unspecified atom stereocenters. The van der Waals surface area contributed by atoms with Crippen molar-refractivity contribution < 1.29 is 0 Å². The molecule has 0 heterocycles. The average Bonchev–Trinajstić information content (AvgIpc) is 2.45. The normalized spacial score (nSPS) is 15.6. The Morgan fingerprint density at radius 2 is 2.00 bits per heavy atom. The molecule has 0 amide bonds. The van der Waals surface area contributed by atoms with Gasteiger partial charge in [0.1, 0.15) is 0 Å². The summed E-state index contributed by atoms with van der Waals surface area (Å²) in [5.41, 5.74) is 3.22. The first-order valence-corrected chi connectivity index (χ1v) is 7.08. The van der Waals surface area contributed by atoms with E-state index in [1.165, 1.54) is 5.57 Å². The van der Waals surface area contributed by atoms with E-state index in [-0.39, 0.29) is 0 Å². The van der Waals surface area contributed by atoms with Crippen molar-refractivity contribution in [1.82, 2.24) is 0 Å². The fourth-order valence-electron chi connectivity index (χ4n) is 1.87. The maximum absolute atomic E-state index is 4.43. The molecule has 1 aliphatic carbocycles. The predicted molar refractivity (Wildman–Crippen MR) is 86.6 cm³/mol. The summed E-state index contributed by atoms with van der Waals surface area (Å²) in [4.78, 5) is 4.43. The Labute approximate surface area is 122 Å². The van der Waals surface area contributed by atoms with Crippen molar-refractivity contribution in [1.29, 1.82) is 0 Å². The van der Waals surface area contributed by atoms with E-state index < -0.39 is 0 Å². The molecular formula is C17H16BrN. The lowest BCUT2D eigenvalue weighted by Crippen LogP contribution is -1.96. The van der Waals surface area contributed by atoms with Crippen molar-refractivity contribution in [2.24, 2.45) is 4.99 Å². The quantitative estimate of drug-likeness (QED) is 0.537. The molecule has 19 heavy (non-hydrogen) atoms. The molecule has 0 aliphatic heterocycles. The largest absolute Gasteiger partial charge is 0.242 e. The molecule has 1 aromatic carbocycles. The maximum Gasteiger partial charge on any atom is 0.0991 e. The van der Waals surface area contributed by atoms with Gasteiger partial charge in [0, 0.05) is 5.56 Å². The second-order valence-electron chi connectivity index (χ2n) is 4.26. The van der Waals surface area contributed by atoms with Gasteiger partial charge < -0.3 is 0 Å². The summed E-state index contributed by atoms with van der Waals surface area (Å²) < 4.78 is 0.629. The molecule has 1 aromatic rings. The number of allylic oxidation sites excluding steroid dienone is 6. The van der Waals surface area contributed by atoms with Gasteiger partial charge in [-0.15, -0.1) is 0 Å². The van der Waals surface area contributed by atoms with Crippen LogP contribution in [0.15, 0.2) is 82.5 Å². The van der Waals surface area contributed by atoms with Gasteiger partial charge in [-0.2, -0.15) is 0 Å². The van der Waals surface area contributed by atoms with Gasteiger partial charge in [-0.25, -0.2) is 4.99 Å². The first-order valence-electron chi connectivity index (χ1n) is 6.29. The highest BCUT2D eigenvalue weighted by Crippen LogP contribution is 2.13. The summed E-state index contributed by atoms with van der Waals surface area (Å²) in [6.45, 7) is 3.78. The van der Waals surface area contributed by atoms with Gasteiger partial charge in [0.2, 0.25) is 0 Å². The number of aliphatic imine (C=N–C) groups is 1. The first kappa shape index (κ1) is 13.8. The molecule has 0 fully saturated rings. The fourth-order valence-corrected chi connectivity index (χ4v) is 2.06. The monoisotopic (exact) mass is 313 g/mol. The van der Waals surface area contributed by atoms with Crippen molar-refractivity contribution in [3.05, 3.63) is 83.0 Å². The predicted octanol–water partition coefficient (Wildman–Crippen LogP) is 5.17. The lowest BCUT2D eigenvalue weighted by Gasteiger charge is -2.03. The number of benzene rings is 1. The number of nitrogens with zero attached hydrogens (tertiary/aromatic N) is 1. The van der Waals surface area contributed by atoms with Gasteiger partial charge >= 0.3 is 0 Å². The molecule has 2 heteroatoms. The second kappa shape index (κ2) is 7.05.